The van der Waals surface area contributed by atoms with Gasteiger partial charge in [0.1, 0.15) is 0 Å². The molecule has 5 nitrogen and oxygen atoms in total. The van der Waals surface area contributed by atoms with Crippen LogP contribution in [-0.2, 0) is 24.2 Å². The summed E-state index contributed by atoms with van der Waals surface area (Å²) in [7, 11) is 3.92. The Morgan fingerprint density at radius 2 is 2.13 bits per heavy atom. The first-order chi connectivity index (χ1) is 15.0. The summed E-state index contributed by atoms with van der Waals surface area (Å²) in [5, 5.41) is 3.70. The lowest BCUT2D eigenvalue weighted by molar-refractivity contribution is -0.115. The number of amides is 1. The van der Waals surface area contributed by atoms with Crippen molar-refractivity contribution in [1.29, 1.82) is 0 Å². The molecular formula is C24H29ClN4OS. The third-order valence-electron chi connectivity index (χ3n) is 5.61. The summed E-state index contributed by atoms with van der Waals surface area (Å²) >= 11 is 7.70. The van der Waals surface area contributed by atoms with Crippen LogP contribution in [0.4, 0.5) is 5.69 Å². The number of carbonyl (C=O) groups excluding carboxylic acids is 1. The Kier molecular flexibility index (Phi) is 7.20. The molecule has 1 amide bonds. The third kappa shape index (κ3) is 6.25. The fourth-order valence-electron chi connectivity index (χ4n) is 3.89. The zero-order chi connectivity index (χ0) is 21.8. The topological polar surface area (TPSA) is 47.9 Å². The number of nitrogens with zero attached hydrogens (tertiary/aromatic N) is 3. The predicted octanol–water partition coefficient (Wildman–Crippen LogP) is 4.89. The smallest absolute Gasteiger partial charge is 0.228 e. The van der Waals surface area contributed by atoms with E-state index in [0.717, 1.165) is 41.6 Å². The van der Waals surface area contributed by atoms with Crippen molar-refractivity contribution in [2.45, 2.75) is 37.1 Å². The van der Waals surface area contributed by atoms with Gasteiger partial charge in [-0.15, -0.1) is 0 Å². The number of rotatable bonds is 8. The van der Waals surface area contributed by atoms with Gasteiger partial charge in [0.05, 0.1) is 12.8 Å². The van der Waals surface area contributed by atoms with E-state index >= 15 is 0 Å². The first-order valence-corrected chi connectivity index (χ1v) is 11.9. The van der Waals surface area contributed by atoms with Crippen LogP contribution in [0.5, 0.6) is 0 Å². The minimum atomic E-state index is -0.0635. The molecular weight excluding hydrogens is 428 g/mol. The Bertz CT molecular complexity index is 974. The van der Waals surface area contributed by atoms with Crippen LogP contribution in [0.2, 0.25) is 5.02 Å². The molecule has 1 aliphatic carbocycles. The van der Waals surface area contributed by atoms with Crippen molar-refractivity contribution in [1.82, 2.24) is 9.80 Å². The molecule has 31 heavy (non-hydrogen) atoms. The molecule has 0 radical (unpaired) electrons. The van der Waals surface area contributed by atoms with Crippen LogP contribution in [0.25, 0.3) is 0 Å². The number of halogens is 1. The summed E-state index contributed by atoms with van der Waals surface area (Å²) in [6.45, 7) is 3.21. The van der Waals surface area contributed by atoms with Crippen molar-refractivity contribution >= 4 is 41.5 Å². The highest BCUT2D eigenvalue weighted by molar-refractivity contribution is 7.98. The molecule has 2 aliphatic rings. The Labute approximate surface area is 194 Å². The highest BCUT2D eigenvalue weighted by atomic mass is 35.5. The minimum Gasteiger partial charge on any atom is -0.368 e. The number of fused-ring (bicyclic) bond motifs is 1. The highest BCUT2D eigenvalue weighted by Gasteiger charge is 2.27. The van der Waals surface area contributed by atoms with E-state index < -0.39 is 0 Å². The maximum Gasteiger partial charge on any atom is 0.228 e. The summed E-state index contributed by atoms with van der Waals surface area (Å²) in [5.74, 6) is 0.810. The van der Waals surface area contributed by atoms with Crippen molar-refractivity contribution in [2.24, 2.45) is 10.3 Å². The lowest BCUT2D eigenvalue weighted by Crippen LogP contribution is -2.32. The maximum absolute atomic E-state index is 12.7. The normalized spacial score (nSPS) is 16.4. The van der Waals surface area contributed by atoms with E-state index in [4.69, 9.17) is 11.6 Å². The second-order valence-electron chi connectivity index (χ2n) is 8.63. The van der Waals surface area contributed by atoms with Crippen molar-refractivity contribution in [3.63, 3.8) is 0 Å². The molecule has 0 aromatic heterocycles. The number of hydrogen-bond acceptors (Lipinski definition) is 4. The van der Waals surface area contributed by atoms with Crippen LogP contribution in [-0.4, -0.2) is 49.2 Å². The molecule has 1 saturated carbocycles. The number of hydrogen-bond donors (Lipinski definition) is 1. The van der Waals surface area contributed by atoms with Gasteiger partial charge in [0.2, 0.25) is 5.91 Å². The Morgan fingerprint density at radius 1 is 1.32 bits per heavy atom. The van der Waals surface area contributed by atoms with E-state index in [1.54, 1.807) is 0 Å². The standard InChI is InChI=1S/C24H29ClN4OS/c1-28(2)16-26-31-23-13-20(27-24(30)12-18-5-3-4-6-22(18)25)11-19-15-29(10-9-21(19)23)14-17-7-8-17/h3-6,11,13,16-17H,7-10,12,14-15H2,1-2H3,(H,27,30). The molecule has 1 heterocycles. The molecule has 7 heteroatoms. The van der Waals surface area contributed by atoms with Gasteiger partial charge in [-0.25, -0.2) is 4.40 Å². The molecule has 0 unspecified atom stereocenters. The summed E-state index contributed by atoms with van der Waals surface area (Å²) < 4.78 is 4.50. The fourth-order valence-corrected chi connectivity index (χ4v) is 4.96. The van der Waals surface area contributed by atoms with Crippen LogP contribution in [0.1, 0.15) is 29.5 Å². The third-order valence-corrected chi connectivity index (χ3v) is 6.74. The van der Waals surface area contributed by atoms with E-state index in [9.17, 15) is 4.79 Å². The lowest BCUT2D eigenvalue weighted by Gasteiger charge is -2.30. The van der Waals surface area contributed by atoms with Gasteiger partial charge < -0.3 is 10.2 Å². The molecule has 0 spiro atoms. The number of anilines is 1. The Balaban J connectivity index is 1.53. The van der Waals surface area contributed by atoms with Gasteiger partial charge in [0.15, 0.2) is 0 Å². The van der Waals surface area contributed by atoms with Gasteiger partial charge in [-0.1, -0.05) is 29.8 Å². The summed E-state index contributed by atoms with van der Waals surface area (Å²) in [4.78, 5) is 18.3. The van der Waals surface area contributed by atoms with Crippen LogP contribution in [0.15, 0.2) is 45.7 Å². The second-order valence-corrected chi connectivity index (χ2v) is 9.87. The molecule has 2 aromatic rings. The fraction of sp³-hybridized carbons (Fsp3) is 0.417. The van der Waals surface area contributed by atoms with E-state index in [1.807, 2.05) is 49.6 Å². The summed E-state index contributed by atoms with van der Waals surface area (Å²) in [6.07, 6.45) is 5.81. The average Bonchev–Trinajstić information content (AvgIpc) is 3.53. The quantitative estimate of drug-likeness (QED) is 0.349. The lowest BCUT2D eigenvalue weighted by atomic mass is 9.98. The molecule has 1 fully saturated rings. The van der Waals surface area contributed by atoms with Crippen LogP contribution in [0.3, 0.4) is 0 Å². The Hall–Kier alpha value is -2.02. The molecule has 164 valence electrons. The molecule has 0 bridgehead atoms. The second kappa shape index (κ2) is 10.1. The number of benzene rings is 2. The first kappa shape index (κ1) is 22.2. The molecule has 2 aromatic carbocycles. The van der Waals surface area contributed by atoms with Gasteiger partial charge in [-0.2, -0.15) is 0 Å². The van der Waals surface area contributed by atoms with Crippen LogP contribution >= 0.6 is 23.5 Å². The summed E-state index contributed by atoms with van der Waals surface area (Å²) in [6, 6.07) is 11.7. The van der Waals surface area contributed by atoms with Gasteiger partial charge in [0.25, 0.3) is 0 Å². The average molecular weight is 457 g/mol. The van der Waals surface area contributed by atoms with Crippen LogP contribution < -0.4 is 5.32 Å². The summed E-state index contributed by atoms with van der Waals surface area (Å²) in [5.41, 5.74) is 4.31. The largest absolute Gasteiger partial charge is 0.368 e. The van der Waals surface area contributed by atoms with E-state index in [2.05, 4.69) is 26.7 Å². The first-order valence-electron chi connectivity index (χ1n) is 10.8. The highest BCUT2D eigenvalue weighted by Crippen LogP contribution is 2.36. The maximum atomic E-state index is 12.7. The van der Waals surface area contributed by atoms with E-state index in [1.165, 1.54) is 42.5 Å². The van der Waals surface area contributed by atoms with Crippen molar-refractivity contribution in [2.75, 3.05) is 32.5 Å². The molecule has 0 atom stereocenters. The van der Waals surface area contributed by atoms with Gasteiger partial charge >= 0.3 is 0 Å². The van der Waals surface area contributed by atoms with Crippen molar-refractivity contribution in [3.8, 4) is 0 Å². The molecule has 4 rings (SSSR count). The molecule has 0 saturated heterocycles. The van der Waals surface area contributed by atoms with Crippen LogP contribution in [0, 0.1) is 5.92 Å². The zero-order valence-electron chi connectivity index (χ0n) is 18.1. The predicted molar refractivity (Wildman–Crippen MR) is 130 cm³/mol. The number of nitrogens with one attached hydrogen (secondary N) is 1. The monoisotopic (exact) mass is 456 g/mol. The SMILES string of the molecule is CN(C)C=NSc1cc(NC(=O)Cc2ccccc2Cl)cc2c1CCN(CC1CC1)C2. The van der Waals surface area contributed by atoms with Crippen molar-refractivity contribution < 1.29 is 4.79 Å². The van der Waals surface area contributed by atoms with Gasteiger partial charge in [-0.05, 0) is 60.1 Å². The van der Waals surface area contributed by atoms with E-state index in [0.29, 0.717) is 5.02 Å². The van der Waals surface area contributed by atoms with Gasteiger partial charge in [0, 0.05) is 61.3 Å². The number of carbonyl (C=O) groups is 1. The van der Waals surface area contributed by atoms with Gasteiger partial charge in [-0.3, -0.25) is 9.69 Å². The minimum absolute atomic E-state index is 0.0635. The van der Waals surface area contributed by atoms with Crippen molar-refractivity contribution in [3.05, 3.63) is 58.1 Å². The zero-order valence-corrected chi connectivity index (χ0v) is 19.7. The molecule has 1 N–H and O–H groups in total. The Morgan fingerprint density at radius 3 is 2.87 bits per heavy atom. The van der Waals surface area contributed by atoms with E-state index in [-0.39, 0.29) is 12.3 Å². The molecule has 1 aliphatic heterocycles.